The Morgan fingerprint density at radius 2 is 1.61 bits per heavy atom. The fourth-order valence-corrected chi connectivity index (χ4v) is 5.76. The van der Waals surface area contributed by atoms with Gasteiger partial charge in [-0.1, -0.05) is 54.9 Å². The summed E-state index contributed by atoms with van der Waals surface area (Å²) in [5, 5.41) is 0.527. The van der Waals surface area contributed by atoms with Crippen LogP contribution < -0.4 is 0 Å². The van der Waals surface area contributed by atoms with Crippen LogP contribution in [-0.2, 0) is 16.0 Å². The van der Waals surface area contributed by atoms with Crippen LogP contribution >= 0.6 is 11.6 Å². The number of hydrogen-bond donors (Lipinski definition) is 0. The van der Waals surface area contributed by atoms with Crippen molar-refractivity contribution in [1.82, 2.24) is 4.98 Å². The number of alkyl halides is 3. The molecule has 3 aromatic carbocycles. The van der Waals surface area contributed by atoms with E-state index in [1.54, 1.807) is 43.3 Å². The summed E-state index contributed by atoms with van der Waals surface area (Å²) in [6, 6.07) is 17.7. The third-order valence-electron chi connectivity index (χ3n) is 5.32. The van der Waals surface area contributed by atoms with E-state index in [9.17, 15) is 21.6 Å². The first kappa shape index (κ1) is 23.3. The molecule has 0 radical (unpaired) electrons. The van der Waals surface area contributed by atoms with Gasteiger partial charge in [0, 0.05) is 11.6 Å². The van der Waals surface area contributed by atoms with Gasteiger partial charge in [-0.05, 0) is 59.0 Å². The number of rotatable bonds is 5. The molecule has 0 fully saturated rings. The fraction of sp³-hybridized carbons (Fsp3) is 0.160. The van der Waals surface area contributed by atoms with Crippen molar-refractivity contribution in [2.75, 3.05) is 5.75 Å². The van der Waals surface area contributed by atoms with Crippen LogP contribution in [0.2, 0.25) is 5.02 Å². The lowest BCUT2D eigenvalue weighted by Gasteiger charge is -2.13. The minimum Gasteiger partial charge on any atom is -0.256 e. The summed E-state index contributed by atoms with van der Waals surface area (Å²) in [7, 11) is -3.46. The number of fused-ring (bicyclic) bond motifs is 1. The van der Waals surface area contributed by atoms with Gasteiger partial charge in [-0.3, -0.25) is 4.98 Å². The molecule has 0 amide bonds. The molecule has 0 bridgehead atoms. The van der Waals surface area contributed by atoms with Crippen molar-refractivity contribution in [2.45, 2.75) is 24.4 Å². The highest BCUT2D eigenvalue weighted by molar-refractivity contribution is 7.91. The van der Waals surface area contributed by atoms with E-state index in [4.69, 9.17) is 11.6 Å². The molecular weight excluding hydrogens is 471 g/mol. The van der Waals surface area contributed by atoms with Gasteiger partial charge in [-0.25, -0.2) is 8.42 Å². The molecule has 0 spiro atoms. The largest absolute Gasteiger partial charge is 0.418 e. The molecule has 4 aromatic rings. The molecule has 0 saturated heterocycles. The topological polar surface area (TPSA) is 47.0 Å². The normalized spacial score (nSPS) is 12.3. The molecule has 0 aliphatic carbocycles. The first-order valence-electron chi connectivity index (χ1n) is 10.2. The van der Waals surface area contributed by atoms with Gasteiger partial charge in [0.1, 0.15) is 0 Å². The van der Waals surface area contributed by atoms with Crippen LogP contribution in [0, 0.1) is 0 Å². The highest BCUT2D eigenvalue weighted by Crippen LogP contribution is 2.38. The Hall–Kier alpha value is -2.90. The second-order valence-corrected chi connectivity index (χ2v) is 10.1. The number of sulfone groups is 1. The summed E-state index contributed by atoms with van der Waals surface area (Å²) in [5.74, 6) is 0.0105. The number of benzene rings is 3. The zero-order valence-corrected chi connectivity index (χ0v) is 19.1. The van der Waals surface area contributed by atoms with Crippen LogP contribution in [0.15, 0.2) is 77.8 Å². The Labute approximate surface area is 194 Å². The van der Waals surface area contributed by atoms with E-state index in [1.807, 2.05) is 12.1 Å². The van der Waals surface area contributed by atoms with Gasteiger partial charge >= 0.3 is 6.18 Å². The third kappa shape index (κ3) is 4.61. The predicted octanol–water partition coefficient (Wildman–Crippen LogP) is 7.42. The summed E-state index contributed by atoms with van der Waals surface area (Å²) in [6.45, 7) is 1.78. The number of halogens is 4. The van der Waals surface area contributed by atoms with Crippen molar-refractivity contribution >= 4 is 32.3 Å². The highest BCUT2D eigenvalue weighted by Gasteiger charge is 2.33. The summed E-state index contributed by atoms with van der Waals surface area (Å²) in [4.78, 5) is 4.07. The maximum absolute atomic E-state index is 13.4. The Kier molecular flexibility index (Phi) is 6.20. The third-order valence-corrected chi connectivity index (χ3v) is 7.72. The lowest BCUT2D eigenvalue weighted by atomic mass is 9.96. The maximum Gasteiger partial charge on any atom is 0.418 e. The van der Waals surface area contributed by atoms with Crippen molar-refractivity contribution < 1.29 is 21.6 Å². The summed E-state index contributed by atoms with van der Waals surface area (Å²) in [5.41, 5.74) is 1.88. The number of nitrogens with zero attached hydrogens (tertiary/aromatic N) is 1. The summed E-state index contributed by atoms with van der Waals surface area (Å²) < 4.78 is 65.1. The van der Waals surface area contributed by atoms with E-state index in [2.05, 4.69) is 4.98 Å². The quantitative estimate of drug-likeness (QED) is 0.293. The molecule has 0 atom stereocenters. The van der Waals surface area contributed by atoms with Crippen molar-refractivity contribution in [3.05, 3.63) is 83.5 Å². The van der Waals surface area contributed by atoms with Crippen molar-refractivity contribution in [1.29, 1.82) is 0 Å². The minimum absolute atomic E-state index is 0.0105. The zero-order chi connectivity index (χ0) is 23.8. The molecule has 4 rings (SSSR count). The molecule has 8 heteroatoms. The molecule has 33 heavy (non-hydrogen) atoms. The molecule has 0 aliphatic rings. The second kappa shape index (κ2) is 8.80. The van der Waals surface area contributed by atoms with Gasteiger partial charge < -0.3 is 0 Å². The summed E-state index contributed by atoms with van der Waals surface area (Å²) in [6.07, 6.45) is -2.66. The monoisotopic (exact) mass is 489 g/mol. The smallest absolute Gasteiger partial charge is 0.256 e. The Bertz CT molecular complexity index is 1450. The lowest BCUT2D eigenvalue weighted by Crippen LogP contribution is -2.06. The van der Waals surface area contributed by atoms with Crippen molar-refractivity contribution in [3.63, 3.8) is 0 Å². The molecule has 1 aromatic heterocycles. The Balaban J connectivity index is 1.80. The van der Waals surface area contributed by atoms with Crippen LogP contribution in [0.5, 0.6) is 0 Å². The van der Waals surface area contributed by atoms with E-state index >= 15 is 0 Å². The minimum atomic E-state index is -4.51. The van der Waals surface area contributed by atoms with Crippen molar-refractivity contribution in [3.8, 4) is 22.3 Å². The molecule has 170 valence electrons. The number of hydrogen-bond acceptors (Lipinski definition) is 3. The first-order valence-corrected chi connectivity index (χ1v) is 12.2. The molecule has 0 aliphatic heterocycles. The zero-order valence-electron chi connectivity index (χ0n) is 17.5. The first-order chi connectivity index (χ1) is 15.6. The van der Waals surface area contributed by atoms with Crippen LogP contribution in [0.1, 0.15) is 18.9 Å². The van der Waals surface area contributed by atoms with Gasteiger partial charge in [-0.15, -0.1) is 0 Å². The van der Waals surface area contributed by atoms with Crippen LogP contribution in [0.25, 0.3) is 33.2 Å². The van der Waals surface area contributed by atoms with Gasteiger partial charge in [0.2, 0.25) is 0 Å². The average molecular weight is 490 g/mol. The van der Waals surface area contributed by atoms with Gasteiger partial charge in [0.15, 0.2) is 9.84 Å². The van der Waals surface area contributed by atoms with Gasteiger partial charge in [0.05, 0.1) is 26.8 Å². The van der Waals surface area contributed by atoms with E-state index in [0.717, 1.165) is 11.6 Å². The Morgan fingerprint density at radius 3 is 2.30 bits per heavy atom. The second-order valence-electron chi connectivity index (χ2n) is 7.60. The molecule has 0 N–H and O–H groups in total. The van der Waals surface area contributed by atoms with Crippen LogP contribution in [-0.4, -0.2) is 19.2 Å². The van der Waals surface area contributed by atoms with E-state index in [0.29, 0.717) is 28.5 Å². The SMILES string of the molecule is CCCS(=O)(=O)c1ccc(-c2cccc(-c3ccnc4c(C(F)(F)F)cccc34)c2)cc1Cl. The number of aromatic nitrogens is 1. The molecule has 3 nitrogen and oxygen atoms in total. The highest BCUT2D eigenvalue weighted by atomic mass is 35.5. The van der Waals surface area contributed by atoms with Crippen LogP contribution in [0.4, 0.5) is 13.2 Å². The number of para-hydroxylation sites is 1. The molecule has 1 heterocycles. The van der Waals surface area contributed by atoms with Crippen LogP contribution in [0.3, 0.4) is 0 Å². The standard InChI is InChI=1S/C25H19ClF3NO2S/c1-2-13-33(31,32)23-10-9-17(15-22(23)26)16-5-3-6-18(14-16)19-11-12-30-24-20(19)7-4-8-21(24)25(27,28)29/h3-12,14-15H,2,13H2,1H3. The maximum atomic E-state index is 13.4. The van der Waals surface area contributed by atoms with E-state index < -0.39 is 21.6 Å². The molecule has 0 unspecified atom stereocenters. The molecule has 0 saturated carbocycles. The number of pyridine rings is 1. The molecular formula is C25H19ClF3NO2S. The Morgan fingerprint density at radius 1 is 0.909 bits per heavy atom. The van der Waals surface area contributed by atoms with E-state index in [-0.39, 0.29) is 21.2 Å². The van der Waals surface area contributed by atoms with Crippen molar-refractivity contribution in [2.24, 2.45) is 0 Å². The summed E-state index contributed by atoms with van der Waals surface area (Å²) >= 11 is 6.30. The predicted molar refractivity (Wildman–Crippen MR) is 125 cm³/mol. The van der Waals surface area contributed by atoms with Gasteiger partial charge in [-0.2, -0.15) is 13.2 Å². The van der Waals surface area contributed by atoms with E-state index in [1.165, 1.54) is 18.3 Å². The lowest BCUT2D eigenvalue weighted by molar-refractivity contribution is -0.136. The van der Waals surface area contributed by atoms with Gasteiger partial charge in [0.25, 0.3) is 0 Å². The average Bonchev–Trinajstić information content (AvgIpc) is 2.77. The fourth-order valence-electron chi connectivity index (χ4n) is 3.83.